The summed E-state index contributed by atoms with van der Waals surface area (Å²) in [5.41, 5.74) is 3.44. The lowest BCUT2D eigenvalue weighted by Gasteiger charge is -2.33. The van der Waals surface area contributed by atoms with Gasteiger partial charge in [-0.25, -0.2) is 8.42 Å². The number of hydrogen-bond acceptors (Lipinski definition) is 3. The summed E-state index contributed by atoms with van der Waals surface area (Å²) in [6, 6.07) is 6.32. The summed E-state index contributed by atoms with van der Waals surface area (Å²) in [7, 11) is -3.17. The number of nitrogens with zero attached hydrogens (tertiary/aromatic N) is 2. The zero-order valence-corrected chi connectivity index (χ0v) is 16.1. The summed E-state index contributed by atoms with van der Waals surface area (Å²) >= 11 is 0. The van der Waals surface area contributed by atoms with Gasteiger partial charge in [0.05, 0.1) is 12.7 Å². The Hall–Kier alpha value is -1.40. The predicted molar refractivity (Wildman–Crippen MR) is 96.6 cm³/mol. The molecule has 1 aromatic rings. The average Bonchev–Trinajstić information content (AvgIpc) is 2.47. The normalized spacial score (nSPS) is 17.1. The molecule has 0 N–H and O–H groups in total. The van der Waals surface area contributed by atoms with Crippen molar-refractivity contribution in [2.45, 2.75) is 39.5 Å². The van der Waals surface area contributed by atoms with E-state index >= 15 is 0 Å². The van der Waals surface area contributed by atoms with Gasteiger partial charge in [0.2, 0.25) is 15.9 Å². The molecule has 1 aliphatic heterocycles. The van der Waals surface area contributed by atoms with Crippen LogP contribution in [0.25, 0.3) is 0 Å². The number of aryl methyl sites for hydroxylation is 1. The first-order valence-corrected chi connectivity index (χ1v) is 10.2. The molecule has 1 saturated heterocycles. The van der Waals surface area contributed by atoms with E-state index in [-0.39, 0.29) is 11.3 Å². The van der Waals surface area contributed by atoms with Crippen LogP contribution in [-0.4, -0.2) is 56.0 Å². The molecule has 0 spiro atoms. The highest BCUT2D eigenvalue weighted by atomic mass is 32.2. The van der Waals surface area contributed by atoms with Crippen LogP contribution >= 0.6 is 0 Å². The molecule has 1 amide bonds. The molecule has 2 rings (SSSR count). The van der Waals surface area contributed by atoms with Crippen LogP contribution in [0.3, 0.4) is 0 Å². The van der Waals surface area contributed by atoms with Crippen LogP contribution in [0.15, 0.2) is 18.2 Å². The van der Waals surface area contributed by atoms with Crippen LogP contribution in [-0.2, 0) is 26.7 Å². The first-order chi connectivity index (χ1) is 11.0. The molecule has 0 bridgehead atoms. The largest absolute Gasteiger partial charge is 0.340 e. The van der Waals surface area contributed by atoms with Crippen molar-refractivity contribution in [2.75, 3.05) is 32.4 Å². The second-order valence-electron chi connectivity index (χ2n) is 7.61. The molecule has 134 valence electrons. The zero-order chi connectivity index (χ0) is 18.1. The fourth-order valence-corrected chi connectivity index (χ4v) is 3.70. The van der Waals surface area contributed by atoms with Crippen molar-refractivity contribution >= 4 is 15.9 Å². The first-order valence-electron chi connectivity index (χ1n) is 8.31. The van der Waals surface area contributed by atoms with Crippen molar-refractivity contribution in [3.8, 4) is 0 Å². The molecule has 0 aliphatic carbocycles. The summed E-state index contributed by atoms with van der Waals surface area (Å²) in [5.74, 6) is 0.0670. The lowest BCUT2D eigenvalue weighted by atomic mass is 9.85. The van der Waals surface area contributed by atoms with Crippen molar-refractivity contribution in [1.82, 2.24) is 9.21 Å². The van der Waals surface area contributed by atoms with Crippen molar-refractivity contribution < 1.29 is 13.2 Å². The van der Waals surface area contributed by atoms with E-state index in [2.05, 4.69) is 39.0 Å². The van der Waals surface area contributed by atoms with E-state index in [9.17, 15) is 13.2 Å². The summed E-state index contributed by atoms with van der Waals surface area (Å²) in [6.45, 7) is 10.2. The maximum atomic E-state index is 12.6. The van der Waals surface area contributed by atoms with Gasteiger partial charge in [0.15, 0.2) is 0 Å². The average molecular weight is 353 g/mol. The number of rotatable bonds is 3. The third kappa shape index (κ3) is 4.57. The molecule has 5 nitrogen and oxygen atoms in total. The fraction of sp³-hybridized carbons (Fsp3) is 0.611. The van der Waals surface area contributed by atoms with Crippen molar-refractivity contribution in [3.63, 3.8) is 0 Å². The van der Waals surface area contributed by atoms with E-state index in [1.165, 1.54) is 16.1 Å². The zero-order valence-electron chi connectivity index (χ0n) is 15.3. The maximum Gasteiger partial charge on any atom is 0.227 e. The second-order valence-corrected chi connectivity index (χ2v) is 9.59. The number of amides is 1. The van der Waals surface area contributed by atoms with Crippen LogP contribution in [0.2, 0.25) is 0 Å². The Kier molecular flexibility index (Phi) is 5.40. The topological polar surface area (TPSA) is 57.7 Å². The van der Waals surface area contributed by atoms with Crippen molar-refractivity contribution in [2.24, 2.45) is 0 Å². The first kappa shape index (κ1) is 18.9. The molecule has 0 atom stereocenters. The summed E-state index contributed by atoms with van der Waals surface area (Å²) in [6.07, 6.45) is 1.58. The molecule has 1 aliphatic rings. The summed E-state index contributed by atoms with van der Waals surface area (Å²) < 4.78 is 24.5. The van der Waals surface area contributed by atoms with Gasteiger partial charge in [0.1, 0.15) is 0 Å². The Morgan fingerprint density at radius 1 is 1.12 bits per heavy atom. The lowest BCUT2D eigenvalue weighted by molar-refractivity contribution is -0.131. The number of carbonyl (C=O) groups is 1. The van der Waals surface area contributed by atoms with Gasteiger partial charge in [-0.05, 0) is 29.0 Å². The van der Waals surface area contributed by atoms with Gasteiger partial charge in [0, 0.05) is 26.2 Å². The number of benzene rings is 1. The Balaban J connectivity index is 2.06. The second kappa shape index (κ2) is 6.84. The van der Waals surface area contributed by atoms with E-state index in [4.69, 9.17) is 0 Å². The number of sulfonamides is 1. The molecular formula is C18H28N2O3S. The maximum absolute atomic E-state index is 12.6. The SMILES string of the molecule is Cc1ccc(C(C)(C)C)cc1CC(=O)N1CCN(S(C)(=O)=O)CC1. The highest BCUT2D eigenvalue weighted by molar-refractivity contribution is 7.88. The van der Waals surface area contributed by atoms with Gasteiger partial charge in [-0.1, -0.05) is 39.0 Å². The molecule has 0 aromatic heterocycles. The van der Waals surface area contributed by atoms with Crippen LogP contribution in [0.5, 0.6) is 0 Å². The van der Waals surface area contributed by atoms with Gasteiger partial charge in [0.25, 0.3) is 0 Å². The quantitative estimate of drug-likeness (QED) is 0.835. The molecule has 1 heterocycles. The van der Waals surface area contributed by atoms with Crippen LogP contribution in [0.1, 0.15) is 37.5 Å². The van der Waals surface area contributed by atoms with Crippen LogP contribution < -0.4 is 0 Å². The Morgan fingerprint density at radius 2 is 1.71 bits per heavy atom. The van der Waals surface area contributed by atoms with Gasteiger partial charge < -0.3 is 4.90 Å². The van der Waals surface area contributed by atoms with Gasteiger partial charge in [-0.3, -0.25) is 4.79 Å². The molecule has 1 aromatic carbocycles. The van der Waals surface area contributed by atoms with E-state index in [0.717, 1.165) is 11.1 Å². The van der Waals surface area contributed by atoms with E-state index in [0.29, 0.717) is 32.6 Å². The van der Waals surface area contributed by atoms with Gasteiger partial charge in [-0.15, -0.1) is 0 Å². The van der Waals surface area contributed by atoms with Crippen LogP contribution in [0.4, 0.5) is 0 Å². The van der Waals surface area contributed by atoms with E-state index in [1.54, 1.807) is 4.90 Å². The predicted octanol–water partition coefficient (Wildman–Crippen LogP) is 1.94. The highest BCUT2D eigenvalue weighted by Crippen LogP contribution is 2.25. The Bertz CT molecular complexity index is 712. The van der Waals surface area contributed by atoms with Crippen LogP contribution in [0, 0.1) is 6.92 Å². The minimum absolute atomic E-state index is 0.0482. The molecule has 1 fully saturated rings. The molecule has 0 saturated carbocycles. The summed E-state index contributed by atoms with van der Waals surface area (Å²) in [4.78, 5) is 14.4. The minimum Gasteiger partial charge on any atom is -0.340 e. The number of hydrogen-bond donors (Lipinski definition) is 0. The lowest BCUT2D eigenvalue weighted by Crippen LogP contribution is -2.50. The highest BCUT2D eigenvalue weighted by Gasteiger charge is 2.26. The standard InChI is InChI=1S/C18H28N2O3S/c1-14-6-7-16(18(2,3)4)12-15(14)13-17(21)19-8-10-20(11-9-19)24(5,22)23/h6-7,12H,8-11,13H2,1-5H3. The smallest absolute Gasteiger partial charge is 0.227 e. The molecule has 0 unspecified atom stereocenters. The van der Waals surface area contributed by atoms with E-state index in [1.807, 2.05) is 6.92 Å². The minimum atomic E-state index is -3.17. The third-order valence-corrected chi connectivity index (χ3v) is 5.92. The van der Waals surface area contributed by atoms with Crippen molar-refractivity contribution in [1.29, 1.82) is 0 Å². The molecular weight excluding hydrogens is 324 g/mol. The Labute approximate surface area is 145 Å². The van der Waals surface area contributed by atoms with E-state index < -0.39 is 10.0 Å². The molecule has 6 heteroatoms. The fourth-order valence-electron chi connectivity index (χ4n) is 2.87. The molecule has 24 heavy (non-hydrogen) atoms. The number of piperazine rings is 1. The third-order valence-electron chi connectivity index (χ3n) is 4.62. The van der Waals surface area contributed by atoms with Gasteiger partial charge >= 0.3 is 0 Å². The van der Waals surface area contributed by atoms with Crippen molar-refractivity contribution in [3.05, 3.63) is 34.9 Å². The monoisotopic (exact) mass is 352 g/mol. The Morgan fingerprint density at radius 3 is 2.21 bits per heavy atom. The van der Waals surface area contributed by atoms with Gasteiger partial charge in [-0.2, -0.15) is 4.31 Å². The summed E-state index contributed by atoms with van der Waals surface area (Å²) in [5, 5.41) is 0. The molecule has 0 radical (unpaired) electrons. The number of carbonyl (C=O) groups excluding carboxylic acids is 1.